The molecule has 1 amide bonds. The van der Waals surface area contributed by atoms with Gasteiger partial charge in [0.25, 0.3) is 5.91 Å². The number of benzene rings is 2. The lowest BCUT2D eigenvalue weighted by Crippen LogP contribution is -2.34. The van der Waals surface area contributed by atoms with Crippen molar-refractivity contribution in [3.63, 3.8) is 0 Å². The first-order chi connectivity index (χ1) is 11.9. The summed E-state index contributed by atoms with van der Waals surface area (Å²) in [5.41, 5.74) is 1.86. The molecule has 0 radical (unpaired) electrons. The van der Waals surface area contributed by atoms with Gasteiger partial charge in [-0.25, -0.2) is 9.18 Å². The predicted molar refractivity (Wildman–Crippen MR) is 92.6 cm³/mol. The van der Waals surface area contributed by atoms with Crippen molar-refractivity contribution in [2.45, 2.75) is 25.8 Å². The zero-order valence-corrected chi connectivity index (χ0v) is 14.4. The Morgan fingerprint density at radius 1 is 1.32 bits per heavy atom. The first-order valence-corrected chi connectivity index (χ1v) is 8.43. The maximum Gasteiger partial charge on any atom is 0.335 e. The number of carboxylic acids is 1. The molecule has 0 unspecified atom stereocenters. The fraction of sp³-hybridized carbons (Fsp3) is 0.263. The predicted octanol–water partition coefficient (Wildman–Crippen LogP) is 4.33. The molecule has 2 aromatic carbocycles. The van der Waals surface area contributed by atoms with Gasteiger partial charge in [-0.15, -0.1) is 0 Å². The van der Waals surface area contributed by atoms with Crippen LogP contribution in [0.5, 0.6) is 0 Å². The summed E-state index contributed by atoms with van der Waals surface area (Å²) in [5.74, 6) is -2.15. The van der Waals surface area contributed by atoms with Crippen LogP contribution in [0.4, 0.5) is 4.39 Å². The summed E-state index contributed by atoms with van der Waals surface area (Å²) in [5, 5.41) is 9.28. The second-order valence-electron chi connectivity index (χ2n) is 5.96. The number of rotatable bonds is 4. The number of carbonyl (C=O) groups is 2. The number of nitrogens with zero attached hydrogens (tertiary/aromatic N) is 1. The largest absolute Gasteiger partial charge is 0.478 e. The van der Waals surface area contributed by atoms with Crippen molar-refractivity contribution in [1.29, 1.82) is 0 Å². The van der Waals surface area contributed by atoms with E-state index in [1.54, 1.807) is 23.1 Å². The molecule has 0 fully saturated rings. The van der Waals surface area contributed by atoms with Crippen molar-refractivity contribution >= 4 is 23.5 Å². The van der Waals surface area contributed by atoms with E-state index in [4.69, 9.17) is 11.6 Å². The van der Waals surface area contributed by atoms with Gasteiger partial charge in [0.1, 0.15) is 5.82 Å². The minimum Gasteiger partial charge on any atom is -0.478 e. The molecular formula is C19H17ClFNO3. The molecule has 3 rings (SSSR count). The third kappa shape index (κ3) is 3.12. The van der Waals surface area contributed by atoms with Gasteiger partial charge in [0.15, 0.2) is 0 Å². The Labute approximate surface area is 149 Å². The van der Waals surface area contributed by atoms with Crippen molar-refractivity contribution in [3.8, 4) is 0 Å². The van der Waals surface area contributed by atoms with Gasteiger partial charge in [-0.2, -0.15) is 0 Å². The van der Waals surface area contributed by atoms with Crippen LogP contribution < -0.4 is 0 Å². The summed E-state index contributed by atoms with van der Waals surface area (Å²) in [7, 11) is 0. The maximum absolute atomic E-state index is 14.1. The molecule has 130 valence electrons. The van der Waals surface area contributed by atoms with Gasteiger partial charge in [-0.1, -0.05) is 23.7 Å². The summed E-state index contributed by atoms with van der Waals surface area (Å²) >= 11 is 6.03. The lowest BCUT2D eigenvalue weighted by atomic mass is 10.0. The number of halogens is 2. The fourth-order valence-electron chi connectivity index (χ4n) is 3.39. The van der Waals surface area contributed by atoms with Crippen LogP contribution in [-0.2, 0) is 6.42 Å². The molecule has 6 heteroatoms. The van der Waals surface area contributed by atoms with E-state index in [9.17, 15) is 19.1 Å². The average Bonchev–Trinajstić information content (AvgIpc) is 2.98. The van der Waals surface area contributed by atoms with Gasteiger partial charge in [0.2, 0.25) is 0 Å². The Hall–Kier alpha value is -2.40. The highest BCUT2D eigenvalue weighted by molar-refractivity contribution is 6.33. The van der Waals surface area contributed by atoms with E-state index in [-0.39, 0.29) is 22.2 Å². The van der Waals surface area contributed by atoms with E-state index in [2.05, 4.69) is 0 Å². The summed E-state index contributed by atoms with van der Waals surface area (Å²) < 4.78 is 14.1. The summed E-state index contributed by atoms with van der Waals surface area (Å²) in [6.07, 6.45) is 1.42. The SMILES string of the molecule is CCN(C(=O)c1c(F)cccc1Cl)[C@@H]1CCc2ccc(C(=O)O)cc21. The lowest BCUT2D eigenvalue weighted by Gasteiger charge is -2.29. The molecule has 0 aliphatic heterocycles. The van der Waals surface area contributed by atoms with Crippen LogP contribution in [0.15, 0.2) is 36.4 Å². The zero-order chi connectivity index (χ0) is 18.1. The first-order valence-electron chi connectivity index (χ1n) is 8.05. The number of aromatic carboxylic acids is 1. The number of hydrogen-bond acceptors (Lipinski definition) is 2. The topological polar surface area (TPSA) is 57.6 Å². The number of hydrogen-bond donors (Lipinski definition) is 1. The van der Waals surface area contributed by atoms with Gasteiger partial charge in [-0.05, 0) is 55.2 Å². The quantitative estimate of drug-likeness (QED) is 0.881. The van der Waals surface area contributed by atoms with Crippen LogP contribution >= 0.6 is 11.6 Å². The van der Waals surface area contributed by atoms with Crippen LogP contribution in [0, 0.1) is 5.82 Å². The van der Waals surface area contributed by atoms with Crippen LogP contribution in [-0.4, -0.2) is 28.4 Å². The molecule has 0 spiro atoms. The molecule has 0 aromatic heterocycles. The lowest BCUT2D eigenvalue weighted by molar-refractivity contribution is 0.0683. The Morgan fingerprint density at radius 2 is 2.08 bits per heavy atom. The van der Waals surface area contributed by atoms with Crippen LogP contribution in [0.25, 0.3) is 0 Å². The molecule has 25 heavy (non-hydrogen) atoms. The molecule has 0 bridgehead atoms. The third-order valence-electron chi connectivity index (χ3n) is 4.59. The Bertz CT molecular complexity index is 832. The molecule has 1 aliphatic carbocycles. The molecule has 1 N–H and O–H groups in total. The van der Waals surface area contributed by atoms with Gasteiger partial charge in [0, 0.05) is 6.54 Å². The molecule has 0 saturated carbocycles. The average molecular weight is 362 g/mol. The van der Waals surface area contributed by atoms with Crippen molar-refractivity contribution in [2.24, 2.45) is 0 Å². The van der Waals surface area contributed by atoms with Crippen LogP contribution in [0.2, 0.25) is 5.02 Å². The number of aryl methyl sites for hydroxylation is 1. The Morgan fingerprint density at radius 3 is 2.72 bits per heavy atom. The number of amides is 1. The van der Waals surface area contributed by atoms with E-state index in [1.165, 1.54) is 18.2 Å². The second kappa shape index (κ2) is 6.84. The molecule has 1 atom stereocenters. The van der Waals surface area contributed by atoms with Gasteiger partial charge in [-0.3, -0.25) is 4.79 Å². The van der Waals surface area contributed by atoms with Gasteiger partial charge >= 0.3 is 5.97 Å². The van der Waals surface area contributed by atoms with Crippen molar-refractivity contribution in [1.82, 2.24) is 4.90 Å². The van der Waals surface area contributed by atoms with Crippen LogP contribution in [0.1, 0.15) is 51.2 Å². The normalized spacial score (nSPS) is 15.7. The van der Waals surface area contributed by atoms with Crippen molar-refractivity contribution in [3.05, 3.63) is 69.5 Å². The fourth-order valence-corrected chi connectivity index (χ4v) is 3.63. The standard InChI is InChI=1S/C19H17ClFNO3/c1-2-22(18(23)17-14(20)4-3-5-15(17)21)16-9-8-11-6-7-12(19(24)25)10-13(11)16/h3-7,10,16H,2,8-9H2,1H3,(H,24,25)/t16-/m1/s1. The van der Waals surface area contributed by atoms with Gasteiger partial charge in [0.05, 0.1) is 22.2 Å². The minimum absolute atomic E-state index is 0.0703. The highest BCUT2D eigenvalue weighted by Crippen LogP contribution is 2.37. The highest BCUT2D eigenvalue weighted by atomic mass is 35.5. The maximum atomic E-state index is 14.1. The monoisotopic (exact) mass is 361 g/mol. The van der Waals surface area contributed by atoms with Crippen molar-refractivity contribution in [2.75, 3.05) is 6.54 Å². The number of carbonyl (C=O) groups excluding carboxylic acids is 1. The zero-order valence-electron chi connectivity index (χ0n) is 13.6. The molecule has 1 aliphatic rings. The summed E-state index contributed by atoms with van der Waals surface area (Å²) in [6.45, 7) is 2.18. The Balaban J connectivity index is 2.00. The molecular weight excluding hydrogens is 345 g/mol. The smallest absolute Gasteiger partial charge is 0.335 e. The summed E-state index contributed by atoms with van der Waals surface area (Å²) in [4.78, 5) is 25.7. The first kappa shape index (κ1) is 17.4. The molecule has 0 saturated heterocycles. The van der Waals surface area contributed by atoms with Crippen molar-refractivity contribution < 1.29 is 19.1 Å². The van der Waals surface area contributed by atoms with E-state index in [0.29, 0.717) is 13.0 Å². The van der Waals surface area contributed by atoms with E-state index in [0.717, 1.165) is 17.5 Å². The highest BCUT2D eigenvalue weighted by Gasteiger charge is 2.33. The third-order valence-corrected chi connectivity index (χ3v) is 4.91. The minimum atomic E-state index is -1.01. The number of fused-ring (bicyclic) bond motifs is 1. The second-order valence-corrected chi connectivity index (χ2v) is 6.37. The molecule has 2 aromatic rings. The molecule has 4 nitrogen and oxygen atoms in total. The van der Waals surface area contributed by atoms with Gasteiger partial charge < -0.3 is 10.0 Å². The van der Waals surface area contributed by atoms with Crippen LogP contribution in [0.3, 0.4) is 0 Å². The summed E-state index contributed by atoms with van der Waals surface area (Å²) in [6, 6.07) is 8.81. The van der Waals surface area contributed by atoms with E-state index in [1.807, 2.05) is 6.92 Å². The Kier molecular flexibility index (Phi) is 4.77. The number of carboxylic acid groups (broad SMARTS) is 1. The molecule has 0 heterocycles. The van der Waals surface area contributed by atoms with E-state index >= 15 is 0 Å². The van der Waals surface area contributed by atoms with E-state index < -0.39 is 17.7 Å².